The Labute approximate surface area is 112 Å². The average Bonchev–Trinajstić information content (AvgIpc) is 2.42. The molecule has 0 aliphatic rings. The topological polar surface area (TPSA) is 56.7 Å². The number of nitrogens with zero attached hydrogens (tertiary/aromatic N) is 3. The number of hydrogen-bond donors (Lipinski definition) is 1. The van der Waals surface area contributed by atoms with E-state index in [1.807, 2.05) is 7.05 Å². The summed E-state index contributed by atoms with van der Waals surface area (Å²) in [5, 5.41) is 7.93. The van der Waals surface area contributed by atoms with Gasteiger partial charge in [-0.3, -0.25) is 0 Å². The molecule has 17 heavy (non-hydrogen) atoms. The number of hydrogen-bond acceptors (Lipinski definition) is 3. The fourth-order valence-electron chi connectivity index (χ4n) is 2.41. The van der Waals surface area contributed by atoms with Gasteiger partial charge in [-0.1, -0.05) is 32.9 Å². The van der Waals surface area contributed by atoms with E-state index in [4.69, 9.17) is 5.73 Å². The summed E-state index contributed by atoms with van der Waals surface area (Å²) >= 11 is 3.39. The van der Waals surface area contributed by atoms with Crippen molar-refractivity contribution in [3.05, 3.63) is 10.3 Å². The molecule has 5 heteroatoms. The summed E-state index contributed by atoms with van der Waals surface area (Å²) in [6.07, 6.45) is 2.13. The molecule has 0 spiro atoms. The predicted molar refractivity (Wildman–Crippen MR) is 73.5 cm³/mol. The number of aromatic nitrogens is 3. The molecule has 1 aromatic heterocycles. The van der Waals surface area contributed by atoms with Crippen LogP contribution in [-0.2, 0) is 7.05 Å². The Morgan fingerprint density at radius 1 is 1.41 bits per heavy atom. The van der Waals surface area contributed by atoms with Crippen LogP contribution in [0, 0.1) is 11.3 Å². The van der Waals surface area contributed by atoms with Crippen molar-refractivity contribution >= 4 is 15.9 Å². The predicted octanol–water partition coefficient (Wildman–Crippen LogP) is 3.04. The normalized spacial score (nSPS) is 15.9. The van der Waals surface area contributed by atoms with Crippen molar-refractivity contribution in [2.24, 2.45) is 24.1 Å². The summed E-state index contributed by atoms with van der Waals surface area (Å²) in [5.74, 6) is 0.590. The molecule has 2 unspecified atom stereocenters. The van der Waals surface area contributed by atoms with Gasteiger partial charge in [0.2, 0.25) is 0 Å². The van der Waals surface area contributed by atoms with E-state index < -0.39 is 0 Å². The second-order valence-corrected chi connectivity index (χ2v) is 6.85. The molecule has 1 heterocycles. The first-order chi connectivity index (χ1) is 7.70. The minimum atomic E-state index is -0.0123. The van der Waals surface area contributed by atoms with Crippen LogP contribution in [0.4, 0.5) is 0 Å². The third-order valence-corrected chi connectivity index (χ3v) is 3.36. The van der Waals surface area contributed by atoms with E-state index in [0.29, 0.717) is 11.3 Å². The van der Waals surface area contributed by atoms with Crippen LogP contribution < -0.4 is 5.73 Å². The lowest BCUT2D eigenvalue weighted by atomic mass is 9.83. The van der Waals surface area contributed by atoms with Gasteiger partial charge in [0.1, 0.15) is 0 Å². The summed E-state index contributed by atoms with van der Waals surface area (Å²) in [4.78, 5) is 0. The van der Waals surface area contributed by atoms with Gasteiger partial charge >= 0.3 is 0 Å². The monoisotopic (exact) mass is 302 g/mol. The maximum atomic E-state index is 6.23. The van der Waals surface area contributed by atoms with E-state index in [1.54, 1.807) is 4.68 Å². The van der Waals surface area contributed by atoms with Crippen LogP contribution in [0.25, 0.3) is 0 Å². The minimum Gasteiger partial charge on any atom is -0.323 e. The zero-order valence-electron chi connectivity index (χ0n) is 11.4. The zero-order chi connectivity index (χ0) is 13.2. The van der Waals surface area contributed by atoms with Crippen LogP contribution in [0.15, 0.2) is 4.60 Å². The van der Waals surface area contributed by atoms with Gasteiger partial charge in [0, 0.05) is 13.1 Å². The molecule has 0 aliphatic carbocycles. The number of rotatable bonds is 4. The number of aryl methyl sites for hydroxylation is 1. The fraction of sp³-hybridized carbons (Fsp3) is 0.833. The maximum Gasteiger partial charge on any atom is 0.153 e. The van der Waals surface area contributed by atoms with Gasteiger partial charge in [0.05, 0.1) is 5.69 Å². The van der Waals surface area contributed by atoms with Gasteiger partial charge in [-0.2, -0.15) is 0 Å². The number of nitrogens with two attached hydrogens (primary N) is 1. The molecule has 0 saturated heterocycles. The van der Waals surface area contributed by atoms with E-state index in [-0.39, 0.29) is 6.04 Å². The lowest BCUT2D eigenvalue weighted by Crippen LogP contribution is -2.20. The molecule has 0 fully saturated rings. The van der Waals surface area contributed by atoms with E-state index in [9.17, 15) is 0 Å². The van der Waals surface area contributed by atoms with Gasteiger partial charge in [0.25, 0.3) is 0 Å². The molecule has 0 radical (unpaired) electrons. The van der Waals surface area contributed by atoms with Gasteiger partial charge in [-0.05, 0) is 40.1 Å². The highest BCUT2D eigenvalue weighted by Gasteiger charge is 2.21. The summed E-state index contributed by atoms with van der Waals surface area (Å²) in [7, 11) is 1.88. The minimum absolute atomic E-state index is 0.0123. The molecule has 98 valence electrons. The average molecular weight is 303 g/mol. The first kappa shape index (κ1) is 14.6. The molecule has 2 atom stereocenters. The van der Waals surface area contributed by atoms with E-state index >= 15 is 0 Å². The third kappa shape index (κ3) is 4.39. The highest BCUT2D eigenvalue weighted by molar-refractivity contribution is 9.10. The van der Waals surface area contributed by atoms with Crippen LogP contribution in [0.3, 0.4) is 0 Å². The lowest BCUT2D eigenvalue weighted by Gasteiger charge is -2.25. The van der Waals surface area contributed by atoms with Crippen molar-refractivity contribution in [3.63, 3.8) is 0 Å². The van der Waals surface area contributed by atoms with Gasteiger partial charge in [-0.15, -0.1) is 5.10 Å². The quantitative estimate of drug-likeness (QED) is 0.930. The van der Waals surface area contributed by atoms with Crippen molar-refractivity contribution in [1.82, 2.24) is 15.0 Å². The van der Waals surface area contributed by atoms with E-state index in [2.05, 4.69) is 53.9 Å². The largest absolute Gasteiger partial charge is 0.323 e. The first-order valence-electron chi connectivity index (χ1n) is 6.01. The Kier molecular flexibility index (Phi) is 4.72. The molecule has 0 bridgehead atoms. The molecule has 4 nitrogen and oxygen atoms in total. The van der Waals surface area contributed by atoms with Gasteiger partial charge in [0.15, 0.2) is 4.60 Å². The van der Waals surface area contributed by atoms with Crippen LogP contribution in [0.2, 0.25) is 0 Å². The molecule has 0 saturated carbocycles. The second-order valence-electron chi connectivity index (χ2n) is 6.10. The molecule has 2 N–H and O–H groups in total. The Hall–Kier alpha value is -0.420. The first-order valence-corrected chi connectivity index (χ1v) is 6.80. The van der Waals surface area contributed by atoms with Crippen LogP contribution in [0.5, 0.6) is 0 Å². The van der Waals surface area contributed by atoms with Crippen molar-refractivity contribution < 1.29 is 0 Å². The van der Waals surface area contributed by atoms with E-state index in [0.717, 1.165) is 16.7 Å². The zero-order valence-corrected chi connectivity index (χ0v) is 13.0. The SMILES string of the molecule is CC(CC(N)c1c(Br)nnn1C)CC(C)(C)C. The molecule has 0 aliphatic heterocycles. The lowest BCUT2D eigenvalue weighted by molar-refractivity contribution is 0.284. The summed E-state index contributed by atoms with van der Waals surface area (Å²) < 4.78 is 2.51. The summed E-state index contributed by atoms with van der Waals surface area (Å²) in [5.41, 5.74) is 7.56. The maximum absolute atomic E-state index is 6.23. The second kappa shape index (κ2) is 5.48. The Bertz CT molecular complexity index is 348. The molecule has 1 aromatic rings. The van der Waals surface area contributed by atoms with Crippen molar-refractivity contribution in [3.8, 4) is 0 Å². The molecule has 0 amide bonds. The van der Waals surface area contributed by atoms with Crippen molar-refractivity contribution in [2.75, 3.05) is 0 Å². The molecular weight excluding hydrogens is 280 g/mol. The summed E-state index contributed by atoms with van der Waals surface area (Å²) in [6.45, 7) is 9.03. The fourth-order valence-corrected chi connectivity index (χ4v) is 3.03. The standard InChI is InChI=1S/C12H23BrN4/c1-8(7-12(2,3)4)6-9(14)10-11(13)15-16-17(10)5/h8-9H,6-7,14H2,1-5H3. The van der Waals surface area contributed by atoms with E-state index in [1.165, 1.54) is 6.42 Å². The van der Waals surface area contributed by atoms with Gasteiger partial charge < -0.3 is 5.73 Å². The van der Waals surface area contributed by atoms with Crippen molar-refractivity contribution in [2.45, 2.75) is 46.6 Å². The highest BCUT2D eigenvalue weighted by atomic mass is 79.9. The summed E-state index contributed by atoms with van der Waals surface area (Å²) in [6, 6.07) is -0.0123. The Balaban J connectivity index is 2.64. The third-order valence-electron chi connectivity index (χ3n) is 2.80. The Morgan fingerprint density at radius 2 is 2.00 bits per heavy atom. The van der Waals surface area contributed by atoms with Crippen LogP contribution in [0.1, 0.15) is 52.3 Å². The highest BCUT2D eigenvalue weighted by Crippen LogP contribution is 2.30. The smallest absolute Gasteiger partial charge is 0.153 e. The van der Waals surface area contributed by atoms with Crippen LogP contribution >= 0.6 is 15.9 Å². The molecule has 1 rings (SSSR count). The molecule has 0 aromatic carbocycles. The van der Waals surface area contributed by atoms with Crippen molar-refractivity contribution in [1.29, 1.82) is 0 Å². The van der Waals surface area contributed by atoms with Crippen LogP contribution in [-0.4, -0.2) is 15.0 Å². The van der Waals surface area contributed by atoms with Gasteiger partial charge in [-0.25, -0.2) is 4.68 Å². The number of halogens is 1. The Morgan fingerprint density at radius 3 is 2.41 bits per heavy atom. The molecular formula is C12H23BrN4.